The average Bonchev–Trinajstić information content (AvgIpc) is 3.34. The summed E-state index contributed by atoms with van der Waals surface area (Å²) in [6.07, 6.45) is 4.26. The summed E-state index contributed by atoms with van der Waals surface area (Å²) in [6.45, 7) is 15.5. The zero-order chi connectivity index (χ0) is 29.5. The van der Waals surface area contributed by atoms with E-state index in [0.29, 0.717) is 0 Å². The van der Waals surface area contributed by atoms with Crippen molar-refractivity contribution in [1.29, 1.82) is 0 Å². The van der Waals surface area contributed by atoms with Crippen LogP contribution in [0.15, 0.2) is 34.3 Å². The fourth-order valence-electron chi connectivity index (χ4n) is 5.08. The first kappa shape index (κ1) is 30.6. The first-order valence-corrected chi connectivity index (χ1v) is 17.3. The molecule has 2 amide bonds. The molecule has 0 radical (unpaired) electrons. The van der Waals surface area contributed by atoms with Crippen molar-refractivity contribution >= 4 is 40.3 Å². The average molecular weight is 593 g/mol. The predicted molar refractivity (Wildman–Crippen MR) is 162 cm³/mol. The number of hydrogen-bond donors (Lipinski definition) is 3. The number of ether oxygens (including phenoxy) is 2. The van der Waals surface area contributed by atoms with E-state index >= 15 is 4.21 Å². The first-order valence-electron chi connectivity index (χ1n) is 14.0. The van der Waals surface area contributed by atoms with Crippen LogP contribution in [0.3, 0.4) is 0 Å². The SMILES string of the molecule is CC(C)OC(=O)NC1CCC(C2=NC=C3c4ccc(CNC(=O)OC(C)(C)C)cc4S(=O)(NC(C)(C)C)=S32)CC1. The lowest BCUT2D eigenvalue weighted by atomic mass is 9.86. The van der Waals surface area contributed by atoms with Crippen molar-refractivity contribution in [3.63, 3.8) is 0 Å². The fourth-order valence-corrected chi connectivity index (χ4v) is 13.4. The Morgan fingerprint density at radius 1 is 1.07 bits per heavy atom. The van der Waals surface area contributed by atoms with Gasteiger partial charge in [0.05, 0.1) is 24.7 Å². The summed E-state index contributed by atoms with van der Waals surface area (Å²) in [4.78, 5) is 31.0. The fraction of sp³-hybridized carbons (Fsp3) is 0.621. The van der Waals surface area contributed by atoms with Crippen LogP contribution in [0.1, 0.15) is 92.2 Å². The number of alkyl carbamates (subject to hydrolysis) is 2. The Morgan fingerprint density at radius 3 is 2.35 bits per heavy atom. The van der Waals surface area contributed by atoms with E-state index in [4.69, 9.17) is 14.5 Å². The largest absolute Gasteiger partial charge is 0.447 e. The molecule has 0 bridgehead atoms. The van der Waals surface area contributed by atoms with Crippen LogP contribution in [0.5, 0.6) is 0 Å². The van der Waals surface area contributed by atoms with Crippen molar-refractivity contribution in [2.45, 2.75) is 116 Å². The minimum Gasteiger partial charge on any atom is -0.447 e. The van der Waals surface area contributed by atoms with E-state index in [2.05, 4.69) is 15.4 Å². The van der Waals surface area contributed by atoms with Crippen LogP contribution in [0.4, 0.5) is 9.59 Å². The summed E-state index contributed by atoms with van der Waals surface area (Å²) in [5.74, 6) is 0.196. The molecule has 0 spiro atoms. The van der Waals surface area contributed by atoms with E-state index in [1.807, 2.05) is 79.8 Å². The van der Waals surface area contributed by atoms with Gasteiger partial charge in [-0.2, -0.15) is 0 Å². The van der Waals surface area contributed by atoms with Gasteiger partial charge in [-0.05, 0) is 102 Å². The third-order valence-electron chi connectivity index (χ3n) is 6.55. The molecule has 2 aliphatic heterocycles. The maximum atomic E-state index is 15.1. The van der Waals surface area contributed by atoms with Gasteiger partial charge in [-0.15, -0.1) is 0 Å². The summed E-state index contributed by atoms with van der Waals surface area (Å²) in [7, 11) is -3.45. The lowest BCUT2D eigenvalue weighted by Crippen LogP contribution is -2.43. The van der Waals surface area contributed by atoms with Crippen molar-refractivity contribution in [2.24, 2.45) is 10.9 Å². The van der Waals surface area contributed by atoms with Crippen molar-refractivity contribution in [1.82, 2.24) is 15.4 Å². The molecular weight excluding hydrogens is 548 g/mol. The minimum absolute atomic E-state index is 0.0677. The molecule has 1 aromatic rings. The van der Waals surface area contributed by atoms with E-state index in [1.165, 1.54) is 0 Å². The molecule has 3 aliphatic rings. The number of carbonyl (C=O) groups is 2. The molecule has 1 aliphatic carbocycles. The van der Waals surface area contributed by atoms with E-state index < -0.39 is 35.4 Å². The van der Waals surface area contributed by atoms with Crippen LogP contribution < -0.4 is 15.4 Å². The van der Waals surface area contributed by atoms with Gasteiger partial charge >= 0.3 is 12.2 Å². The molecule has 2 heterocycles. The Kier molecular flexibility index (Phi) is 8.78. The van der Waals surface area contributed by atoms with E-state index in [1.54, 1.807) is 0 Å². The zero-order valence-electron chi connectivity index (χ0n) is 24.9. The molecule has 4 rings (SSSR count). The summed E-state index contributed by atoms with van der Waals surface area (Å²) >= 11 is 0. The topological polar surface area (TPSA) is 118 Å². The second kappa shape index (κ2) is 11.5. The van der Waals surface area contributed by atoms with Gasteiger partial charge in [0, 0.05) is 40.7 Å². The van der Waals surface area contributed by atoms with Gasteiger partial charge in [-0.1, -0.05) is 12.1 Å². The standard InChI is InChI=1S/C29H44N4O5S2/c1-18(2)37-27(35)32-21-12-10-20(11-13-21)25-30-17-23-22-14-9-19(16-31-26(34)38-29(6,7)8)15-24(22)40(36,39(23)25)33-28(3,4)5/h9,14-15,17-18,20-21H,10-13,16H2,1-8H3,(H,31,34)(H,32,35)(H,33,36). The lowest BCUT2D eigenvalue weighted by molar-refractivity contribution is 0.0523. The highest BCUT2D eigenvalue weighted by Crippen LogP contribution is 2.44. The Morgan fingerprint density at radius 2 is 1.75 bits per heavy atom. The molecule has 9 nitrogen and oxygen atoms in total. The third-order valence-corrected chi connectivity index (χ3v) is 13.6. The van der Waals surface area contributed by atoms with Crippen molar-refractivity contribution < 1.29 is 23.3 Å². The minimum atomic E-state index is -2.74. The number of carbonyl (C=O) groups excluding carboxylic acids is 2. The normalized spacial score (nSPS) is 26.0. The Hall–Kier alpha value is -2.37. The second-order valence-electron chi connectivity index (χ2n) is 12.9. The van der Waals surface area contributed by atoms with Crippen LogP contribution in [0.25, 0.3) is 4.91 Å². The first-order chi connectivity index (χ1) is 18.6. The molecule has 0 aromatic heterocycles. The Bertz CT molecular complexity index is 1350. The highest BCUT2D eigenvalue weighted by Gasteiger charge is 2.41. The van der Waals surface area contributed by atoms with Crippen LogP contribution in [-0.4, -0.2) is 44.7 Å². The molecule has 1 saturated carbocycles. The molecule has 2 unspecified atom stereocenters. The summed E-state index contributed by atoms with van der Waals surface area (Å²) < 4.78 is 29.2. The van der Waals surface area contributed by atoms with E-state index in [0.717, 1.165) is 51.7 Å². The van der Waals surface area contributed by atoms with Gasteiger partial charge in [0.2, 0.25) is 0 Å². The number of hydrogen-bond acceptors (Lipinski definition) is 6. The van der Waals surface area contributed by atoms with Gasteiger partial charge in [0.15, 0.2) is 0 Å². The molecule has 222 valence electrons. The Balaban J connectivity index is 1.58. The summed E-state index contributed by atoms with van der Waals surface area (Å²) in [5, 5.41) is 6.79. The molecule has 40 heavy (non-hydrogen) atoms. The number of amides is 2. The summed E-state index contributed by atoms with van der Waals surface area (Å²) in [6, 6.07) is 5.99. The number of benzene rings is 1. The number of aliphatic imine (C=N–C) groups is 1. The number of nitrogens with one attached hydrogen (secondary N) is 3. The van der Waals surface area contributed by atoms with Gasteiger partial charge in [-0.25, -0.2) is 18.5 Å². The maximum Gasteiger partial charge on any atom is 0.407 e. The highest BCUT2D eigenvalue weighted by molar-refractivity contribution is 8.57. The van der Waals surface area contributed by atoms with Crippen LogP contribution in [0.2, 0.25) is 0 Å². The van der Waals surface area contributed by atoms with Crippen molar-refractivity contribution in [3.8, 4) is 0 Å². The second-order valence-corrected chi connectivity index (χ2v) is 18.4. The number of fused-ring (bicyclic) bond motifs is 3. The number of nitrogens with zero attached hydrogens (tertiary/aromatic N) is 1. The zero-order valence-corrected chi connectivity index (χ0v) is 26.5. The van der Waals surface area contributed by atoms with Crippen LogP contribution in [0, 0.1) is 5.92 Å². The van der Waals surface area contributed by atoms with Crippen molar-refractivity contribution in [2.75, 3.05) is 0 Å². The quantitative estimate of drug-likeness (QED) is 0.397. The molecule has 3 N–H and O–H groups in total. The lowest BCUT2D eigenvalue weighted by Gasteiger charge is -2.31. The van der Waals surface area contributed by atoms with Crippen molar-refractivity contribution in [3.05, 3.63) is 35.5 Å². The smallest absolute Gasteiger partial charge is 0.407 e. The molecule has 2 atom stereocenters. The number of rotatable bonds is 6. The summed E-state index contributed by atoms with van der Waals surface area (Å²) in [5.41, 5.74) is 0.835. The predicted octanol–water partition coefficient (Wildman–Crippen LogP) is 5.61. The van der Waals surface area contributed by atoms with Gasteiger partial charge in [-0.3, -0.25) is 4.99 Å². The highest BCUT2D eigenvalue weighted by atomic mass is 32.9. The van der Waals surface area contributed by atoms with Gasteiger partial charge < -0.3 is 20.1 Å². The molecule has 0 saturated heterocycles. The molecule has 11 heteroatoms. The third kappa shape index (κ3) is 7.09. The molecule has 1 aromatic carbocycles. The van der Waals surface area contributed by atoms with Crippen LogP contribution >= 0.6 is 0 Å². The molecule has 1 fully saturated rings. The van der Waals surface area contributed by atoms with Crippen LogP contribution in [-0.2, 0) is 34.2 Å². The Labute approximate surface area is 240 Å². The van der Waals surface area contributed by atoms with Gasteiger partial charge in [0.1, 0.15) is 5.60 Å². The maximum absolute atomic E-state index is 15.1. The monoisotopic (exact) mass is 592 g/mol. The van der Waals surface area contributed by atoms with E-state index in [9.17, 15) is 9.59 Å². The van der Waals surface area contributed by atoms with Gasteiger partial charge in [0.25, 0.3) is 0 Å². The van der Waals surface area contributed by atoms with E-state index in [-0.39, 0.29) is 30.7 Å². The molecular formula is C29H44N4O5S2.